The first-order valence-electron chi connectivity index (χ1n) is 3.91. The highest BCUT2D eigenvalue weighted by Gasteiger charge is 2.00. The molecule has 1 aromatic carbocycles. The molecule has 0 bridgehead atoms. The summed E-state index contributed by atoms with van der Waals surface area (Å²) in [5, 5.41) is 3.30. The molecule has 2 nitrogen and oxygen atoms in total. The van der Waals surface area contributed by atoms with Gasteiger partial charge in [-0.2, -0.15) is 0 Å². The number of nitrogens with one attached hydrogen (secondary N) is 1. The van der Waals surface area contributed by atoms with Crippen molar-refractivity contribution >= 4 is 34.3 Å². The second kappa shape index (κ2) is 5.14. The van der Waals surface area contributed by atoms with E-state index in [9.17, 15) is 4.79 Å². The molecule has 1 rings (SSSR count). The smallest absolute Gasteiger partial charge is 0.283 e. The largest absolute Gasteiger partial charge is 0.317 e. The molecule has 0 atom stereocenters. The molecule has 1 N–H and O–H groups in total. The minimum atomic E-state index is -0.0511. The normalized spacial score (nSPS) is 9.69. The average molecular weight is 216 g/mol. The molecule has 0 aliphatic carbocycles. The summed E-state index contributed by atoms with van der Waals surface area (Å²) in [6.45, 7) is 1.93. The highest BCUT2D eigenvalue weighted by Crippen LogP contribution is 2.16. The number of halogens is 1. The van der Waals surface area contributed by atoms with Crippen LogP contribution in [0, 0.1) is 0 Å². The number of rotatable bonds is 2. The van der Waals surface area contributed by atoms with Gasteiger partial charge in [0.25, 0.3) is 5.24 Å². The zero-order chi connectivity index (χ0) is 9.68. The maximum atomic E-state index is 11.1. The predicted octanol–water partition coefficient (Wildman–Crippen LogP) is 3.63. The topological polar surface area (TPSA) is 29.1 Å². The molecule has 0 spiro atoms. The quantitative estimate of drug-likeness (QED) is 0.817. The number of anilines is 1. The zero-order valence-corrected chi connectivity index (χ0v) is 8.78. The minimum Gasteiger partial charge on any atom is -0.317 e. The van der Waals surface area contributed by atoms with Crippen molar-refractivity contribution < 1.29 is 4.79 Å². The number of hydrogen-bond donors (Lipinski definition) is 1. The number of hydrogen-bond acceptors (Lipinski definition) is 2. The summed E-state index contributed by atoms with van der Waals surface area (Å²) in [7, 11) is 0. The second-order valence-electron chi connectivity index (χ2n) is 2.36. The molecule has 0 aliphatic rings. The maximum Gasteiger partial charge on any atom is 0.283 e. The molecular formula is C9H10ClNOS. The number of carbonyl (C=O) groups excluding carboxylic acids is 1. The Balaban J connectivity index is 2.58. The molecule has 4 heteroatoms. The fourth-order valence-electron chi connectivity index (χ4n) is 0.851. The summed E-state index contributed by atoms with van der Waals surface area (Å²) in [5.74, 6) is 0.770. The van der Waals surface area contributed by atoms with Crippen LogP contribution in [0.4, 0.5) is 10.5 Å². The van der Waals surface area contributed by atoms with E-state index in [1.54, 1.807) is 24.3 Å². The lowest BCUT2D eigenvalue weighted by Crippen LogP contribution is -2.04. The lowest BCUT2D eigenvalue weighted by Gasteiger charge is -2.02. The third-order valence-corrected chi connectivity index (χ3v) is 2.23. The van der Waals surface area contributed by atoms with Crippen LogP contribution in [-0.2, 0) is 0 Å². The molecule has 0 fully saturated rings. The Labute approximate surface area is 86.7 Å². The lowest BCUT2D eigenvalue weighted by molar-refractivity contribution is 0.270. The number of amides is 1. The van der Waals surface area contributed by atoms with E-state index < -0.39 is 0 Å². The van der Waals surface area contributed by atoms with Gasteiger partial charge in [0.1, 0.15) is 0 Å². The molecule has 70 valence electrons. The van der Waals surface area contributed by atoms with Gasteiger partial charge in [0.05, 0.1) is 0 Å². The fraction of sp³-hybridized carbons (Fsp3) is 0.222. The van der Waals surface area contributed by atoms with Crippen LogP contribution in [0.2, 0.25) is 5.02 Å². The van der Waals surface area contributed by atoms with E-state index in [0.29, 0.717) is 5.02 Å². The molecule has 0 saturated carbocycles. The van der Waals surface area contributed by atoms with E-state index >= 15 is 0 Å². The standard InChI is InChI=1S/C9H10ClNOS/c1-2-13-9(12)11-8-5-3-4-7(10)6-8/h3-6H,2H2,1H3,(H,11,12). The van der Waals surface area contributed by atoms with Gasteiger partial charge in [0.2, 0.25) is 0 Å². The molecule has 0 saturated heterocycles. The monoisotopic (exact) mass is 215 g/mol. The number of thioether (sulfide) groups is 1. The third kappa shape index (κ3) is 3.70. The molecule has 0 heterocycles. The molecule has 13 heavy (non-hydrogen) atoms. The maximum absolute atomic E-state index is 11.1. The Hall–Kier alpha value is -0.670. The summed E-state index contributed by atoms with van der Waals surface area (Å²) < 4.78 is 0. The Morgan fingerprint density at radius 3 is 3.00 bits per heavy atom. The van der Waals surface area contributed by atoms with Crippen LogP contribution in [-0.4, -0.2) is 11.0 Å². The molecule has 0 unspecified atom stereocenters. The zero-order valence-electron chi connectivity index (χ0n) is 7.21. The van der Waals surface area contributed by atoms with Gasteiger partial charge in [-0.3, -0.25) is 4.79 Å². The van der Waals surface area contributed by atoms with Crippen LogP contribution in [0.1, 0.15) is 6.92 Å². The van der Waals surface area contributed by atoms with Crippen LogP contribution in [0.5, 0.6) is 0 Å². The number of benzene rings is 1. The van der Waals surface area contributed by atoms with Crippen molar-refractivity contribution in [3.8, 4) is 0 Å². The van der Waals surface area contributed by atoms with E-state index in [0.717, 1.165) is 11.4 Å². The summed E-state index contributed by atoms with van der Waals surface area (Å²) in [6.07, 6.45) is 0. The van der Waals surface area contributed by atoms with Crippen LogP contribution in [0.25, 0.3) is 0 Å². The van der Waals surface area contributed by atoms with Crippen LogP contribution in [0.3, 0.4) is 0 Å². The lowest BCUT2D eigenvalue weighted by atomic mass is 10.3. The van der Waals surface area contributed by atoms with E-state index in [4.69, 9.17) is 11.6 Å². The Morgan fingerprint density at radius 1 is 1.62 bits per heavy atom. The van der Waals surface area contributed by atoms with E-state index in [2.05, 4.69) is 5.32 Å². The second-order valence-corrected chi connectivity index (χ2v) is 4.03. The van der Waals surface area contributed by atoms with Crippen molar-refractivity contribution in [1.29, 1.82) is 0 Å². The van der Waals surface area contributed by atoms with Gasteiger partial charge in [-0.05, 0) is 24.0 Å². The van der Waals surface area contributed by atoms with Crippen molar-refractivity contribution in [3.63, 3.8) is 0 Å². The van der Waals surface area contributed by atoms with Gasteiger partial charge >= 0.3 is 0 Å². The van der Waals surface area contributed by atoms with Gasteiger partial charge in [-0.15, -0.1) is 0 Å². The van der Waals surface area contributed by atoms with Gasteiger partial charge < -0.3 is 5.32 Å². The highest BCUT2D eigenvalue weighted by atomic mass is 35.5. The Bertz CT molecular complexity index is 303. The first-order valence-corrected chi connectivity index (χ1v) is 5.28. The summed E-state index contributed by atoms with van der Waals surface area (Å²) in [5.41, 5.74) is 0.735. The summed E-state index contributed by atoms with van der Waals surface area (Å²) in [6, 6.07) is 7.09. The van der Waals surface area contributed by atoms with Crippen LogP contribution >= 0.6 is 23.4 Å². The molecule has 0 aliphatic heterocycles. The highest BCUT2D eigenvalue weighted by molar-refractivity contribution is 8.13. The van der Waals surface area contributed by atoms with E-state index in [-0.39, 0.29) is 5.24 Å². The Morgan fingerprint density at radius 2 is 2.38 bits per heavy atom. The van der Waals surface area contributed by atoms with Gasteiger partial charge in [-0.25, -0.2) is 0 Å². The molecule has 1 amide bonds. The molecule has 0 aromatic heterocycles. The Kier molecular flexibility index (Phi) is 4.12. The van der Waals surface area contributed by atoms with Crippen LogP contribution < -0.4 is 5.32 Å². The molecule has 0 radical (unpaired) electrons. The predicted molar refractivity (Wildman–Crippen MR) is 58.6 cm³/mol. The van der Waals surface area contributed by atoms with Gasteiger partial charge in [-0.1, -0.05) is 36.4 Å². The van der Waals surface area contributed by atoms with Gasteiger partial charge in [0.15, 0.2) is 0 Å². The van der Waals surface area contributed by atoms with E-state index in [1.807, 2.05) is 6.92 Å². The van der Waals surface area contributed by atoms with Crippen LogP contribution in [0.15, 0.2) is 24.3 Å². The third-order valence-electron chi connectivity index (χ3n) is 1.35. The minimum absolute atomic E-state index is 0.0511. The van der Waals surface area contributed by atoms with E-state index in [1.165, 1.54) is 11.8 Å². The first-order chi connectivity index (χ1) is 6.22. The van der Waals surface area contributed by atoms with Crippen molar-refractivity contribution in [2.75, 3.05) is 11.1 Å². The van der Waals surface area contributed by atoms with Crippen molar-refractivity contribution in [2.45, 2.75) is 6.92 Å². The van der Waals surface area contributed by atoms with Gasteiger partial charge in [0, 0.05) is 10.7 Å². The fourth-order valence-corrected chi connectivity index (χ4v) is 1.49. The van der Waals surface area contributed by atoms with Crippen molar-refractivity contribution in [3.05, 3.63) is 29.3 Å². The summed E-state index contributed by atoms with van der Waals surface area (Å²) in [4.78, 5) is 11.1. The average Bonchev–Trinajstić information content (AvgIpc) is 2.04. The van der Waals surface area contributed by atoms with Crippen molar-refractivity contribution in [1.82, 2.24) is 0 Å². The molecule has 1 aromatic rings. The SMILES string of the molecule is CCSC(=O)Nc1cccc(Cl)c1. The molecular weight excluding hydrogens is 206 g/mol. The number of carbonyl (C=O) groups is 1. The van der Waals surface area contributed by atoms with Crippen molar-refractivity contribution in [2.24, 2.45) is 0 Å². The summed E-state index contributed by atoms with van der Waals surface area (Å²) >= 11 is 6.99. The first kappa shape index (κ1) is 10.4.